The molecule has 0 aliphatic carbocycles. The van der Waals surface area contributed by atoms with Crippen LogP contribution in [0.3, 0.4) is 0 Å². The quantitative estimate of drug-likeness (QED) is 0.883. The summed E-state index contributed by atoms with van der Waals surface area (Å²) in [5.41, 5.74) is 0.880. The molecular weight excluding hydrogens is 300 g/mol. The van der Waals surface area contributed by atoms with E-state index >= 15 is 0 Å². The molecule has 4 heteroatoms. The summed E-state index contributed by atoms with van der Waals surface area (Å²) in [4.78, 5) is 14.6. The molecule has 2 aromatic carbocycles. The maximum absolute atomic E-state index is 12.4. The SMILES string of the molecule is CC(C)COC1CCN(CC(=O)Nc2cccc3ccccc23)C1. The third kappa shape index (κ3) is 4.34. The van der Waals surface area contributed by atoms with Crippen molar-refractivity contribution >= 4 is 22.4 Å². The van der Waals surface area contributed by atoms with Crippen molar-refractivity contribution in [1.29, 1.82) is 0 Å². The number of anilines is 1. The molecule has 0 spiro atoms. The first-order valence-corrected chi connectivity index (χ1v) is 8.73. The van der Waals surface area contributed by atoms with Gasteiger partial charge in [0.15, 0.2) is 0 Å². The minimum atomic E-state index is 0.0378. The fraction of sp³-hybridized carbons (Fsp3) is 0.450. The summed E-state index contributed by atoms with van der Waals surface area (Å²) in [6, 6.07) is 14.1. The molecule has 1 amide bonds. The Bertz CT molecular complexity index is 694. The number of ether oxygens (including phenoxy) is 1. The molecule has 1 aliphatic heterocycles. The Morgan fingerprint density at radius 2 is 2.04 bits per heavy atom. The molecule has 1 saturated heterocycles. The smallest absolute Gasteiger partial charge is 0.238 e. The third-order valence-electron chi connectivity index (χ3n) is 4.33. The Kier molecular flexibility index (Phi) is 5.48. The van der Waals surface area contributed by atoms with E-state index in [1.54, 1.807) is 0 Å². The highest BCUT2D eigenvalue weighted by Gasteiger charge is 2.24. The van der Waals surface area contributed by atoms with Crippen molar-refractivity contribution < 1.29 is 9.53 Å². The van der Waals surface area contributed by atoms with Crippen LogP contribution in [0.25, 0.3) is 10.8 Å². The van der Waals surface area contributed by atoms with Crippen molar-refractivity contribution in [3.05, 3.63) is 42.5 Å². The Labute approximate surface area is 143 Å². The van der Waals surface area contributed by atoms with Gasteiger partial charge in [0, 0.05) is 30.8 Å². The molecule has 4 nitrogen and oxygen atoms in total. The Balaban J connectivity index is 1.54. The molecular formula is C20H26N2O2. The molecule has 3 rings (SSSR count). The van der Waals surface area contributed by atoms with Crippen LogP contribution >= 0.6 is 0 Å². The molecule has 1 atom stereocenters. The van der Waals surface area contributed by atoms with Gasteiger partial charge in [0.2, 0.25) is 5.91 Å². The molecule has 1 fully saturated rings. The van der Waals surface area contributed by atoms with Crippen molar-refractivity contribution in [3.8, 4) is 0 Å². The Morgan fingerprint density at radius 3 is 2.88 bits per heavy atom. The van der Waals surface area contributed by atoms with Crippen LogP contribution in [0.4, 0.5) is 5.69 Å². The fourth-order valence-corrected chi connectivity index (χ4v) is 3.13. The van der Waals surface area contributed by atoms with E-state index in [0.29, 0.717) is 12.5 Å². The Hall–Kier alpha value is -1.91. The van der Waals surface area contributed by atoms with E-state index in [1.165, 1.54) is 0 Å². The van der Waals surface area contributed by atoms with Gasteiger partial charge >= 0.3 is 0 Å². The summed E-state index contributed by atoms with van der Waals surface area (Å²) in [5.74, 6) is 0.588. The Morgan fingerprint density at radius 1 is 1.25 bits per heavy atom. The molecule has 24 heavy (non-hydrogen) atoms. The van der Waals surface area contributed by atoms with E-state index in [1.807, 2.05) is 30.3 Å². The molecule has 1 N–H and O–H groups in total. The van der Waals surface area contributed by atoms with Gasteiger partial charge in [0.1, 0.15) is 0 Å². The van der Waals surface area contributed by atoms with Crippen LogP contribution < -0.4 is 5.32 Å². The number of carbonyl (C=O) groups excluding carboxylic acids is 1. The highest BCUT2D eigenvalue weighted by atomic mass is 16.5. The second kappa shape index (κ2) is 7.77. The normalized spacial score (nSPS) is 18.4. The average molecular weight is 326 g/mol. The number of likely N-dealkylation sites (tertiary alicyclic amines) is 1. The van der Waals surface area contributed by atoms with Crippen molar-refractivity contribution in [1.82, 2.24) is 4.90 Å². The van der Waals surface area contributed by atoms with Crippen LogP contribution in [0.15, 0.2) is 42.5 Å². The van der Waals surface area contributed by atoms with Gasteiger partial charge in [-0.15, -0.1) is 0 Å². The summed E-state index contributed by atoms with van der Waals surface area (Å²) in [7, 11) is 0. The van der Waals surface area contributed by atoms with Gasteiger partial charge < -0.3 is 10.1 Å². The van der Waals surface area contributed by atoms with Gasteiger partial charge in [-0.2, -0.15) is 0 Å². The van der Waals surface area contributed by atoms with Crippen molar-refractivity contribution in [2.75, 3.05) is 31.6 Å². The van der Waals surface area contributed by atoms with E-state index in [0.717, 1.165) is 42.6 Å². The number of fused-ring (bicyclic) bond motifs is 1. The van der Waals surface area contributed by atoms with E-state index in [-0.39, 0.29) is 12.0 Å². The van der Waals surface area contributed by atoms with Crippen molar-refractivity contribution in [2.24, 2.45) is 5.92 Å². The van der Waals surface area contributed by atoms with Crippen molar-refractivity contribution in [2.45, 2.75) is 26.4 Å². The molecule has 0 radical (unpaired) electrons. The average Bonchev–Trinajstić information content (AvgIpc) is 3.00. The molecule has 1 heterocycles. The first kappa shape index (κ1) is 16.9. The maximum Gasteiger partial charge on any atom is 0.238 e. The topological polar surface area (TPSA) is 41.6 Å². The predicted octanol–water partition coefficient (Wildman–Crippen LogP) is 3.53. The second-order valence-corrected chi connectivity index (χ2v) is 6.95. The zero-order valence-corrected chi connectivity index (χ0v) is 14.5. The molecule has 1 unspecified atom stereocenters. The van der Waals surface area contributed by atoms with Crippen molar-refractivity contribution in [3.63, 3.8) is 0 Å². The van der Waals surface area contributed by atoms with Crippen LogP contribution in [0.2, 0.25) is 0 Å². The summed E-state index contributed by atoms with van der Waals surface area (Å²) in [6.45, 7) is 7.29. The third-order valence-corrected chi connectivity index (χ3v) is 4.33. The molecule has 2 aromatic rings. The number of benzene rings is 2. The minimum absolute atomic E-state index is 0.0378. The summed E-state index contributed by atoms with van der Waals surface area (Å²) >= 11 is 0. The summed E-state index contributed by atoms with van der Waals surface area (Å²) in [5, 5.41) is 5.27. The fourth-order valence-electron chi connectivity index (χ4n) is 3.13. The summed E-state index contributed by atoms with van der Waals surface area (Å²) in [6.07, 6.45) is 1.27. The summed E-state index contributed by atoms with van der Waals surface area (Å²) < 4.78 is 5.88. The lowest BCUT2D eigenvalue weighted by atomic mass is 10.1. The van der Waals surface area contributed by atoms with Crippen LogP contribution in [0.1, 0.15) is 20.3 Å². The van der Waals surface area contributed by atoms with E-state index in [4.69, 9.17) is 4.74 Å². The van der Waals surface area contributed by atoms with Gasteiger partial charge in [-0.3, -0.25) is 9.69 Å². The van der Waals surface area contributed by atoms with E-state index < -0.39 is 0 Å². The zero-order chi connectivity index (χ0) is 16.9. The number of nitrogens with one attached hydrogen (secondary N) is 1. The van der Waals surface area contributed by atoms with Gasteiger partial charge in [-0.05, 0) is 23.8 Å². The minimum Gasteiger partial charge on any atom is -0.377 e. The van der Waals surface area contributed by atoms with Crippen LogP contribution in [0.5, 0.6) is 0 Å². The molecule has 1 aliphatic rings. The van der Waals surface area contributed by atoms with Crippen LogP contribution in [-0.2, 0) is 9.53 Å². The lowest BCUT2D eigenvalue weighted by molar-refractivity contribution is -0.117. The first-order valence-electron chi connectivity index (χ1n) is 8.73. The van der Waals surface area contributed by atoms with E-state index in [9.17, 15) is 4.79 Å². The maximum atomic E-state index is 12.4. The monoisotopic (exact) mass is 326 g/mol. The molecule has 0 saturated carbocycles. The van der Waals surface area contributed by atoms with Gasteiger partial charge in [-0.1, -0.05) is 50.2 Å². The lowest BCUT2D eigenvalue weighted by Gasteiger charge is -2.17. The number of hydrogen-bond acceptors (Lipinski definition) is 3. The van der Waals surface area contributed by atoms with Gasteiger partial charge in [-0.25, -0.2) is 0 Å². The molecule has 0 bridgehead atoms. The zero-order valence-electron chi connectivity index (χ0n) is 14.5. The molecule has 0 aromatic heterocycles. The van der Waals surface area contributed by atoms with E-state index in [2.05, 4.69) is 36.2 Å². The highest BCUT2D eigenvalue weighted by Crippen LogP contribution is 2.23. The number of carbonyl (C=O) groups is 1. The predicted molar refractivity (Wildman–Crippen MR) is 98.2 cm³/mol. The van der Waals surface area contributed by atoms with Crippen LogP contribution in [0, 0.1) is 5.92 Å². The van der Waals surface area contributed by atoms with Gasteiger partial charge in [0.25, 0.3) is 0 Å². The number of rotatable bonds is 6. The highest BCUT2D eigenvalue weighted by molar-refractivity contribution is 6.02. The number of amides is 1. The number of hydrogen-bond donors (Lipinski definition) is 1. The second-order valence-electron chi connectivity index (χ2n) is 6.95. The van der Waals surface area contributed by atoms with Crippen LogP contribution in [-0.4, -0.2) is 43.2 Å². The van der Waals surface area contributed by atoms with Gasteiger partial charge in [0.05, 0.1) is 12.6 Å². The largest absolute Gasteiger partial charge is 0.377 e. The lowest BCUT2D eigenvalue weighted by Crippen LogP contribution is -2.32. The number of nitrogens with zero attached hydrogens (tertiary/aromatic N) is 1. The molecule has 128 valence electrons. The standard InChI is InChI=1S/C20H26N2O2/c1-15(2)14-24-17-10-11-22(12-17)13-20(23)21-19-9-5-7-16-6-3-4-8-18(16)19/h3-9,15,17H,10-14H2,1-2H3,(H,21,23). The first-order chi connectivity index (χ1) is 11.6.